The van der Waals surface area contributed by atoms with Gasteiger partial charge < -0.3 is 9.88 Å². The van der Waals surface area contributed by atoms with Gasteiger partial charge in [0.05, 0.1) is 6.04 Å². The monoisotopic (exact) mass is 306 g/mol. The van der Waals surface area contributed by atoms with E-state index in [0.717, 1.165) is 10.0 Å². The maximum absolute atomic E-state index is 12.2. The molecular formula is C14H15BrN2O. The van der Waals surface area contributed by atoms with E-state index >= 15 is 0 Å². The van der Waals surface area contributed by atoms with Gasteiger partial charge in [-0.15, -0.1) is 0 Å². The highest BCUT2D eigenvalue weighted by Crippen LogP contribution is 2.21. The molecule has 0 bridgehead atoms. The fourth-order valence-corrected chi connectivity index (χ4v) is 2.16. The smallest absolute Gasteiger partial charge is 0.270 e. The van der Waals surface area contributed by atoms with Crippen molar-refractivity contribution in [2.75, 3.05) is 7.05 Å². The number of aromatic amines is 1. The molecule has 1 aromatic carbocycles. The molecule has 1 aromatic heterocycles. The fourth-order valence-electron chi connectivity index (χ4n) is 1.81. The van der Waals surface area contributed by atoms with Gasteiger partial charge in [0.1, 0.15) is 5.69 Å². The lowest BCUT2D eigenvalue weighted by atomic mass is 10.1. The minimum Gasteiger partial charge on any atom is -0.356 e. The summed E-state index contributed by atoms with van der Waals surface area (Å²) in [5.74, 6) is -0.0166. The van der Waals surface area contributed by atoms with Crippen LogP contribution in [0, 0.1) is 0 Å². The van der Waals surface area contributed by atoms with Crippen molar-refractivity contribution >= 4 is 21.8 Å². The number of hydrogen-bond acceptors (Lipinski definition) is 1. The van der Waals surface area contributed by atoms with Crippen LogP contribution >= 0.6 is 15.9 Å². The summed E-state index contributed by atoms with van der Waals surface area (Å²) in [5.41, 5.74) is 1.71. The number of amides is 1. The molecule has 0 saturated carbocycles. The lowest BCUT2D eigenvalue weighted by molar-refractivity contribution is 0.0737. The zero-order valence-electron chi connectivity index (χ0n) is 10.4. The average molecular weight is 307 g/mol. The van der Waals surface area contributed by atoms with Gasteiger partial charge in [0.25, 0.3) is 5.91 Å². The SMILES string of the molecule is C[C@H](c1ccccc1)N(C)C(=O)c1cc(Br)c[nH]1. The van der Waals surface area contributed by atoms with E-state index in [0.29, 0.717) is 5.69 Å². The molecule has 1 heterocycles. The number of nitrogens with one attached hydrogen (secondary N) is 1. The first-order valence-corrected chi connectivity index (χ1v) is 6.55. The van der Waals surface area contributed by atoms with Crippen molar-refractivity contribution in [1.29, 1.82) is 0 Å². The summed E-state index contributed by atoms with van der Waals surface area (Å²) < 4.78 is 0.881. The van der Waals surface area contributed by atoms with Gasteiger partial charge in [-0.05, 0) is 34.5 Å². The molecule has 0 aliphatic carbocycles. The molecule has 0 radical (unpaired) electrons. The van der Waals surface area contributed by atoms with E-state index < -0.39 is 0 Å². The number of hydrogen-bond donors (Lipinski definition) is 1. The van der Waals surface area contributed by atoms with Crippen LogP contribution in [0.3, 0.4) is 0 Å². The Morgan fingerprint density at radius 2 is 2.00 bits per heavy atom. The number of nitrogens with zero attached hydrogens (tertiary/aromatic N) is 1. The van der Waals surface area contributed by atoms with Crippen LogP contribution in [0.1, 0.15) is 29.0 Å². The van der Waals surface area contributed by atoms with Crippen LogP contribution in [-0.4, -0.2) is 22.8 Å². The van der Waals surface area contributed by atoms with Crippen molar-refractivity contribution in [3.05, 3.63) is 58.3 Å². The number of carbonyl (C=O) groups is 1. The molecule has 0 spiro atoms. The summed E-state index contributed by atoms with van der Waals surface area (Å²) in [4.78, 5) is 16.9. The zero-order chi connectivity index (χ0) is 13.1. The molecule has 0 aliphatic heterocycles. The van der Waals surface area contributed by atoms with Crippen molar-refractivity contribution in [1.82, 2.24) is 9.88 Å². The Balaban J connectivity index is 2.16. The van der Waals surface area contributed by atoms with Gasteiger partial charge in [0, 0.05) is 17.7 Å². The predicted octanol–water partition coefficient (Wildman–Crippen LogP) is 3.61. The molecule has 94 valence electrons. The van der Waals surface area contributed by atoms with Gasteiger partial charge in [-0.3, -0.25) is 4.79 Å². The second-order valence-electron chi connectivity index (χ2n) is 4.23. The Labute approximate surface area is 115 Å². The van der Waals surface area contributed by atoms with Crippen molar-refractivity contribution in [2.45, 2.75) is 13.0 Å². The number of rotatable bonds is 3. The number of benzene rings is 1. The van der Waals surface area contributed by atoms with E-state index in [1.165, 1.54) is 0 Å². The van der Waals surface area contributed by atoms with Gasteiger partial charge in [-0.25, -0.2) is 0 Å². The predicted molar refractivity (Wildman–Crippen MR) is 75.4 cm³/mol. The molecule has 0 unspecified atom stereocenters. The second-order valence-corrected chi connectivity index (χ2v) is 5.15. The van der Waals surface area contributed by atoms with Crippen LogP contribution < -0.4 is 0 Å². The maximum Gasteiger partial charge on any atom is 0.270 e. The normalized spacial score (nSPS) is 12.2. The summed E-state index contributed by atoms with van der Waals surface area (Å²) >= 11 is 3.33. The van der Waals surface area contributed by atoms with Crippen molar-refractivity contribution in [2.24, 2.45) is 0 Å². The Morgan fingerprint density at radius 1 is 1.33 bits per heavy atom. The molecule has 0 aliphatic rings. The standard InChI is InChI=1S/C14H15BrN2O/c1-10(11-6-4-3-5-7-11)17(2)14(18)13-8-12(15)9-16-13/h3-10,16H,1-2H3/t10-/m1/s1. The summed E-state index contributed by atoms with van der Waals surface area (Å²) in [5, 5.41) is 0. The third-order valence-electron chi connectivity index (χ3n) is 3.06. The van der Waals surface area contributed by atoms with Gasteiger partial charge in [-0.2, -0.15) is 0 Å². The minimum atomic E-state index is -0.0166. The topological polar surface area (TPSA) is 36.1 Å². The van der Waals surface area contributed by atoms with Crippen LogP contribution in [-0.2, 0) is 0 Å². The molecule has 3 nitrogen and oxygen atoms in total. The third-order valence-corrected chi connectivity index (χ3v) is 3.52. The van der Waals surface area contributed by atoms with E-state index in [4.69, 9.17) is 0 Å². The van der Waals surface area contributed by atoms with Crippen molar-refractivity contribution in [3.63, 3.8) is 0 Å². The van der Waals surface area contributed by atoms with Crippen LogP contribution in [0.15, 0.2) is 47.1 Å². The fraction of sp³-hybridized carbons (Fsp3) is 0.214. The van der Waals surface area contributed by atoms with Gasteiger partial charge in [0.2, 0.25) is 0 Å². The van der Waals surface area contributed by atoms with E-state index in [2.05, 4.69) is 20.9 Å². The number of H-pyrrole nitrogens is 1. The summed E-state index contributed by atoms with van der Waals surface area (Å²) in [6.45, 7) is 2.02. The average Bonchev–Trinajstić information content (AvgIpc) is 2.84. The Hall–Kier alpha value is -1.55. The quantitative estimate of drug-likeness (QED) is 0.924. The molecule has 18 heavy (non-hydrogen) atoms. The number of halogens is 1. The summed E-state index contributed by atoms with van der Waals surface area (Å²) in [6, 6.07) is 11.8. The Kier molecular flexibility index (Phi) is 3.87. The minimum absolute atomic E-state index is 0.0166. The largest absolute Gasteiger partial charge is 0.356 e. The van der Waals surface area contributed by atoms with Crippen LogP contribution in [0.4, 0.5) is 0 Å². The zero-order valence-corrected chi connectivity index (χ0v) is 11.9. The van der Waals surface area contributed by atoms with Crippen LogP contribution in [0.5, 0.6) is 0 Å². The summed E-state index contributed by atoms with van der Waals surface area (Å²) in [6.07, 6.45) is 1.76. The first-order chi connectivity index (χ1) is 8.59. The molecule has 2 rings (SSSR count). The van der Waals surface area contributed by atoms with E-state index in [-0.39, 0.29) is 11.9 Å². The van der Waals surface area contributed by atoms with Crippen molar-refractivity contribution < 1.29 is 4.79 Å². The highest BCUT2D eigenvalue weighted by molar-refractivity contribution is 9.10. The van der Waals surface area contributed by atoms with E-state index in [1.54, 1.807) is 17.2 Å². The molecule has 2 aromatic rings. The van der Waals surface area contributed by atoms with Gasteiger partial charge >= 0.3 is 0 Å². The first kappa shape index (κ1) is 12.9. The lowest BCUT2D eigenvalue weighted by Gasteiger charge is -2.24. The number of carbonyl (C=O) groups excluding carboxylic acids is 1. The van der Waals surface area contributed by atoms with Crippen molar-refractivity contribution in [3.8, 4) is 0 Å². The molecule has 1 amide bonds. The van der Waals surface area contributed by atoms with E-state index in [9.17, 15) is 4.79 Å². The van der Waals surface area contributed by atoms with Gasteiger partial charge in [-0.1, -0.05) is 30.3 Å². The van der Waals surface area contributed by atoms with Crippen LogP contribution in [0.25, 0.3) is 0 Å². The number of aromatic nitrogens is 1. The highest BCUT2D eigenvalue weighted by Gasteiger charge is 2.19. The lowest BCUT2D eigenvalue weighted by Crippen LogP contribution is -2.29. The Morgan fingerprint density at radius 3 is 2.56 bits per heavy atom. The molecule has 1 atom stereocenters. The Bertz CT molecular complexity index is 536. The molecule has 4 heteroatoms. The summed E-state index contributed by atoms with van der Waals surface area (Å²) in [7, 11) is 1.81. The second kappa shape index (κ2) is 5.40. The van der Waals surface area contributed by atoms with E-state index in [1.807, 2.05) is 44.3 Å². The third kappa shape index (κ3) is 2.64. The molecule has 0 fully saturated rings. The molecular weight excluding hydrogens is 292 g/mol. The first-order valence-electron chi connectivity index (χ1n) is 5.75. The highest BCUT2D eigenvalue weighted by atomic mass is 79.9. The molecule has 0 saturated heterocycles. The van der Waals surface area contributed by atoms with Crippen LogP contribution in [0.2, 0.25) is 0 Å². The maximum atomic E-state index is 12.2. The molecule has 1 N–H and O–H groups in total. The van der Waals surface area contributed by atoms with Gasteiger partial charge in [0.15, 0.2) is 0 Å².